The first-order chi connectivity index (χ1) is 8.15. The lowest BCUT2D eigenvalue weighted by Gasteiger charge is -2.19. The summed E-state index contributed by atoms with van der Waals surface area (Å²) in [4.78, 5) is 13.6. The Morgan fingerprint density at radius 1 is 1.59 bits per heavy atom. The Morgan fingerprint density at radius 2 is 2.35 bits per heavy atom. The van der Waals surface area contributed by atoms with E-state index in [9.17, 15) is 4.79 Å². The van der Waals surface area contributed by atoms with Crippen LogP contribution in [0.5, 0.6) is 5.75 Å². The van der Waals surface area contributed by atoms with Crippen LogP contribution < -0.4 is 15.4 Å². The van der Waals surface area contributed by atoms with Crippen LogP contribution in [-0.2, 0) is 4.79 Å². The van der Waals surface area contributed by atoms with Gasteiger partial charge in [-0.3, -0.25) is 4.79 Å². The summed E-state index contributed by atoms with van der Waals surface area (Å²) in [6.07, 6.45) is 0.492. The number of ether oxygens (including phenoxy) is 1. The van der Waals surface area contributed by atoms with Gasteiger partial charge in [0.2, 0.25) is 5.91 Å². The number of halogens is 1. The van der Waals surface area contributed by atoms with Crippen molar-refractivity contribution in [3.63, 3.8) is 0 Å². The molecule has 0 aromatic heterocycles. The fourth-order valence-electron chi connectivity index (χ4n) is 2.05. The van der Waals surface area contributed by atoms with Gasteiger partial charge in [0.1, 0.15) is 5.75 Å². The van der Waals surface area contributed by atoms with Gasteiger partial charge in [-0.05, 0) is 30.7 Å². The largest absolute Gasteiger partial charge is 0.495 e. The molecule has 1 saturated heterocycles. The quantitative estimate of drug-likeness (QED) is 0.893. The van der Waals surface area contributed by atoms with Crippen LogP contribution in [-0.4, -0.2) is 26.1 Å². The monoisotopic (exact) mass is 254 g/mol. The first kappa shape index (κ1) is 12.2. The Morgan fingerprint density at radius 3 is 2.94 bits per heavy atom. The molecular formula is C12H15ClN2O2. The van der Waals surface area contributed by atoms with Crippen molar-refractivity contribution in [2.24, 2.45) is 11.7 Å². The number of carbonyl (C=O) groups is 1. The van der Waals surface area contributed by atoms with Crippen molar-refractivity contribution in [3.8, 4) is 5.75 Å². The van der Waals surface area contributed by atoms with Gasteiger partial charge in [-0.15, -0.1) is 0 Å². The predicted octanol–water partition coefficient (Wildman–Crippen LogP) is 1.66. The van der Waals surface area contributed by atoms with Gasteiger partial charge in [-0.2, -0.15) is 0 Å². The topological polar surface area (TPSA) is 55.6 Å². The second kappa shape index (κ2) is 4.94. The molecule has 17 heavy (non-hydrogen) atoms. The van der Waals surface area contributed by atoms with E-state index in [4.69, 9.17) is 22.1 Å². The number of amides is 1. The molecule has 5 heteroatoms. The number of carbonyl (C=O) groups excluding carboxylic acids is 1. The molecular weight excluding hydrogens is 240 g/mol. The highest BCUT2D eigenvalue weighted by atomic mass is 35.5. The van der Waals surface area contributed by atoms with E-state index in [1.807, 2.05) is 0 Å². The zero-order valence-corrected chi connectivity index (χ0v) is 10.4. The second-order valence-electron chi connectivity index (χ2n) is 4.13. The van der Waals surface area contributed by atoms with Gasteiger partial charge in [0.15, 0.2) is 0 Å². The van der Waals surface area contributed by atoms with E-state index in [1.54, 1.807) is 30.2 Å². The molecule has 1 aromatic rings. The zero-order chi connectivity index (χ0) is 12.4. The third kappa shape index (κ3) is 2.37. The first-order valence-corrected chi connectivity index (χ1v) is 5.87. The van der Waals surface area contributed by atoms with Crippen LogP contribution >= 0.6 is 11.6 Å². The van der Waals surface area contributed by atoms with Crippen molar-refractivity contribution >= 4 is 23.2 Å². The average Bonchev–Trinajstić information content (AvgIpc) is 2.70. The number of nitrogens with two attached hydrogens (primary N) is 1. The highest BCUT2D eigenvalue weighted by Crippen LogP contribution is 2.34. The second-order valence-corrected chi connectivity index (χ2v) is 4.56. The molecule has 1 heterocycles. The molecule has 4 nitrogen and oxygen atoms in total. The third-order valence-electron chi connectivity index (χ3n) is 2.97. The Labute approximate surface area is 105 Å². The van der Waals surface area contributed by atoms with Gasteiger partial charge in [-0.25, -0.2) is 0 Å². The van der Waals surface area contributed by atoms with E-state index in [-0.39, 0.29) is 11.8 Å². The van der Waals surface area contributed by atoms with Crippen LogP contribution in [0, 0.1) is 5.92 Å². The smallest absolute Gasteiger partial charge is 0.227 e. The van der Waals surface area contributed by atoms with Gasteiger partial charge >= 0.3 is 0 Å². The molecule has 2 N–H and O–H groups in total. The first-order valence-electron chi connectivity index (χ1n) is 5.49. The molecule has 0 radical (unpaired) electrons. The van der Waals surface area contributed by atoms with Crippen molar-refractivity contribution in [2.45, 2.75) is 6.42 Å². The highest BCUT2D eigenvalue weighted by molar-refractivity contribution is 6.31. The molecule has 1 atom stereocenters. The third-order valence-corrected chi connectivity index (χ3v) is 3.21. The lowest BCUT2D eigenvalue weighted by molar-refractivity contribution is -0.117. The van der Waals surface area contributed by atoms with Gasteiger partial charge < -0.3 is 15.4 Å². The van der Waals surface area contributed by atoms with Gasteiger partial charge in [0, 0.05) is 18.0 Å². The van der Waals surface area contributed by atoms with Crippen LogP contribution in [0.4, 0.5) is 5.69 Å². The molecule has 1 unspecified atom stereocenters. The van der Waals surface area contributed by atoms with Crippen molar-refractivity contribution in [3.05, 3.63) is 23.2 Å². The molecule has 0 spiro atoms. The molecule has 1 aliphatic heterocycles. The van der Waals surface area contributed by atoms with Crippen LogP contribution in [0.25, 0.3) is 0 Å². The van der Waals surface area contributed by atoms with Gasteiger partial charge in [0.25, 0.3) is 0 Å². The van der Waals surface area contributed by atoms with Crippen molar-refractivity contribution < 1.29 is 9.53 Å². The standard InChI is InChI=1S/C12H15ClN2O2/c1-17-11-3-2-9(13)5-10(11)15-7-8(6-14)4-12(15)16/h2-3,5,8H,4,6-7,14H2,1H3. The summed E-state index contributed by atoms with van der Waals surface area (Å²) in [5, 5.41) is 0.588. The molecule has 1 aliphatic rings. The van der Waals surface area contributed by atoms with E-state index in [2.05, 4.69) is 0 Å². The Kier molecular flexibility index (Phi) is 3.54. The van der Waals surface area contributed by atoms with Crippen LogP contribution in [0.15, 0.2) is 18.2 Å². The molecule has 1 aromatic carbocycles. The molecule has 2 rings (SSSR count). The molecule has 0 aliphatic carbocycles. The van der Waals surface area contributed by atoms with Gasteiger partial charge in [0.05, 0.1) is 12.8 Å². The maximum atomic E-state index is 11.9. The number of hydrogen-bond donors (Lipinski definition) is 1. The Bertz CT molecular complexity index is 437. The normalized spacial score (nSPS) is 19.8. The summed E-state index contributed by atoms with van der Waals surface area (Å²) in [5.74, 6) is 0.938. The van der Waals surface area contributed by atoms with E-state index >= 15 is 0 Å². The fourth-order valence-corrected chi connectivity index (χ4v) is 2.21. The number of rotatable bonds is 3. The van der Waals surface area contributed by atoms with E-state index < -0.39 is 0 Å². The number of nitrogens with zero attached hydrogens (tertiary/aromatic N) is 1. The molecule has 92 valence electrons. The van der Waals surface area contributed by atoms with Crippen molar-refractivity contribution in [1.82, 2.24) is 0 Å². The summed E-state index contributed by atoms with van der Waals surface area (Å²) in [5.41, 5.74) is 6.32. The average molecular weight is 255 g/mol. The van der Waals surface area contributed by atoms with Gasteiger partial charge in [-0.1, -0.05) is 11.6 Å². The van der Waals surface area contributed by atoms with Crippen LogP contribution in [0.3, 0.4) is 0 Å². The minimum atomic E-state index is 0.0704. The van der Waals surface area contributed by atoms with E-state index in [0.29, 0.717) is 30.3 Å². The van der Waals surface area contributed by atoms with Crippen molar-refractivity contribution in [1.29, 1.82) is 0 Å². The molecule has 0 bridgehead atoms. The number of methoxy groups -OCH3 is 1. The summed E-state index contributed by atoms with van der Waals surface area (Å²) in [7, 11) is 1.58. The lowest BCUT2D eigenvalue weighted by atomic mass is 10.1. The van der Waals surface area contributed by atoms with Crippen LogP contribution in [0.1, 0.15) is 6.42 Å². The molecule has 0 saturated carbocycles. The fraction of sp³-hybridized carbons (Fsp3) is 0.417. The number of anilines is 1. The summed E-state index contributed by atoms with van der Waals surface area (Å²) < 4.78 is 5.25. The highest BCUT2D eigenvalue weighted by Gasteiger charge is 2.31. The summed E-state index contributed by atoms with van der Waals surface area (Å²) in [6.45, 7) is 1.15. The minimum Gasteiger partial charge on any atom is -0.495 e. The maximum Gasteiger partial charge on any atom is 0.227 e. The molecule has 1 amide bonds. The minimum absolute atomic E-state index is 0.0704. The molecule has 1 fully saturated rings. The maximum absolute atomic E-state index is 11.9. The van der Waals surface area contributed by atoms with E-state index in [0.717, 1.165) is 5.69 Å². The predicted molar refractivity (Wildman–Crippen MR) is 67.5 cm³/mol. The lowest BCUT2D eigenvalue weighted by Crippen LogP contribution is -2.26. The summed E-state index contributed by atoms with van der Waals surface area (Å²) in [6, 6.07) is 5.25. The SMILES string of the molecule is COc1ccc(Cl)cc1N1CC(CN)CC1=O. The van der Waals surface area contributed by atoms with E-state index in [1.165, 1.54) is 0 Å². The number of hydrogen-bond acceptors (Lipinski definition) is 3. The summed E-state index contributed by atoms with van der Waals surface area (Å²) >= 11 is 5.95. The Balaban J connectivity index is 2.33. The number of benzene rings is 1. The van der Waals surface area contributed by atoms with Crippen molar-refractivity contribution in [2.75, 3.05) is 25.1 Å². The zero-order valence-electron chi connectivity index (χ0n) is 9.65. The Hall–Kier alpha value is -1.26. The van der Waals surface area contributed by atoms with Crippen LogP contribution in [0.2, 0.25) is 5.02 Å².